The van der Waals surface area contributed by atoms with E-state index in [9.17, 15) is 0 Å². The molecule has 318 valence electrons. The normalized spacial score (nSPS) is 46.9. The molecule has 8 aliphatic rings. The summed E-state index contributed by atoms with van der Waals surface area (Å²) in [6.07, 6.45) is 38.0. The van der Waals surface area contributed by atoms with Gasteiger partial charge in [-0.25, -0.2) is 0 Å². The molecule has 0 aromatic carbocycles. The number of fused-ring (bicyclic) bond motifs is 10. The third kappa shape index (κ3) is 7.69. The summed E-state index contributed by atoms with van der Waals surface area (Å²) in [4.78, 5) is 0. The third-order valence-corrected chi connectivity index (χ3v) is 24.3. The van der Waals surface area contributed by atoms with Crippen LogP contribution in [0.15, 0.2) is 23.3 Å². The molecule has 0 spiro atoms. The maximum absolute atomic E-state index is 2.86. The van der Waals surface area contributed by atoms with Crippen molar-refractivity contribution >= 4 is 21.6 Å². The summed E-state index contributed by atoms with van der Waals surface area (Å²) >= 11 is 0. The lowest BCUT2D eigenvalue weighted by Crippen LogP contribution is -2.50. The van der Waals surface area contributed by atoms with Crippen molar-refractivity contribution in [2.75, 3.05) is 0 Å². The number of rotatable bonds is 13. The van der Waals surface area contributed by atoms with Crippen LogP contribution in [0.5, 0.6) is 0 Å². The minimum absolute atomic E-state index is 0.490. The summed E-state index contributed by atoms with van der Waals surface area (Å²) in [5, 5.41) is 1.67. The van der Waals surface area contributed by atoms with Gasteiger partial charge in [0.15, 0.2) is 0 Å². The molecule has 16 atom stereocenters. The summed E-state index contributed by atoms with van der Waals surface area (Å²) in [7, 11) is 4.69. The monoisotopic (exact) mass is 803 g/mol. The molecule has 8 aliphatic carbocycles. The molecule has 6 saturated carbocycles. The van der Waals surface area contributed by atoms with Crippen molar-refractivity contribution in [3.8, 4) is 0 Å². The number of hydrogen-bond donors (Lipinski definition) is 0. The van der Waals surface area contributed by atoms with Gasteiger partial charge in [-0.3, -0.25) is 0 Å². The highest BCUT2D eigenvalue weighted by Gasteiger charge is 2.61. The standard InChI is InChI=1S/C54H90S2/c1-35(2)13-11-15-37(5)45-21-23-47-43-19-17-39-33-41(25-29-51(39,7)49(43)27-31-53(45,47)9)55-56-42-26-30-52(8)40(34-42)18-20-44-48-24-22-46(38(6)16-12-14-36(3)4)54(48,10)32-28-50(44)52/h17-18,35-38,41-50H,11-16,19-34H2,1-10H3/t37-,38-,41?,42?,43+,44+,45-,46-,47+,48+,49+,50+,51+,52+,53-,54-/m1/s1. The second-order valence-electron chi connectivity index (χ2n) is 24.5. The predicted octanol–water partition coefficient (Wildman–Crippen LogP) is 17.2. The van der Waals surface area contributed by atoms with E-state index in [4.69, 9.17) is 0 Å². The first-order chi connectivity index (χ1) is 26.7. The van der Waals surface area contributed by atoms with E-state index in [2.05, 4.69) is 103 Å². The van der Waals surface area contributed by atoms with Crippen LogP contribution in [0.2, 0.25) is 0 Å². The van der Waals surface area contributed by atoms with E-state index < -0.39 is 0 Å². The van der Waals surface area contributed by atoms with E-state index in [1.54, 1.807) is 0 Å². The Morgan fingerprint density at radius 3 is 1.30 bits per heavy atom. The second-order valence-corrected chi connectivity index (χ2v) is 27.4. The first kappa shape index (κ1) is 42.9. The molecule has 0 aromatic rings. The minimum atomic E-state index is 0.490. The lowest BCUT2D eigenvalue weighted by atomic mass is 9.47. The molecule has 0 radical (unpaired) electrons. The van der Waals surface area contributed by atoms with E-state index >= 15 is 0 Å². The van der Waals surface area contributed by atoms with Gasteiger partial charge in [-0.1, -0.05) is 153 Å². The van der Waals surface area contributed by atoms with Gasteiger partial charge in [-0.2, -0.15) is 0 Å². The van der Waals surface area contributed by atoms with Crippen molar-refractivity contribution < 1.29 is 0 Å². The van der Waals surface area contributed by atoms with Gasteiger partial charge >= 0.3 is 0 Å². The number of allylic oxidation sites excluding steroid dienone is 4. The summed E-state index contributed by atoms with van der Waals surface area (Å²) in [5.74, 6) is 11.3. The van der Waals surface area contributed by atoms with Crippen LogP contribution in [-0.2, 0) is 0 Å². The molecule has 0 aliphatic heterocycles. The van der Waals surface area contributed by atoms with Crippen molar-refractivity contribution in [1.29, 1.82) is 0 Å². The summed E-state index contributed by atoms with van der Waals surface area (Å²) in [6.45, 7) is 26.0. The fourth-order valence-electron chi connectivity index (χ4n) is 17.6. The highest BCUT2D eigenvalue weighted by molar-refractivity contribution is 8.77. The van der Waals surface area contributed by atoms with Gasteiger partial charge in [0.25, 0.3) is 0 Å². The highest BCUT2D eigenvalue weighted by atomic mass is 33.1. The van der Waals surface area contributed by atoms with Crippen LogP contribution >= 0.6 is 21.6 Å². The van der Waals surface area contributed by atoms with Gasteiger partial charge in [0.05, 0.1) is 0 Å². The molecule has 8 rings (SSSR count). The first-order valence-corrected chi connectivity index (χ1v) is 27.7. The number of hydrogen-bond acceptors (Lipinski definition) is 2. The fraction of sp³-hybridized carbons (Fsp3) is 0.926. The maximum atomic E-state index is 2.86. The van der Waals surface area contributed by atoms with E-state index in [-0.39, 0.29) is 0 Å². The SMILES string of the molecule is CC(C)CCC[C@@H](C)[C@H]1CC[C@H]2[C@@H]3CC=C4CC(SSC5CC[C@@]6(C)C(=CC[C@H]7[C@@H]8CC[C@H]([C@H](C)CCCC(C)C)[C@@]8(C)CC[C@@H]76)C5)CC[C@]4(C)[C@H]3CC[C@]12C. The molecule has 0 heterocycles. The average molecular weight is 803 g/mol. The van der Waals surface area contributed by atoms with E-state index in [1.807, 2.05) is 11.1 Å². The van der Waals surface area contributed by atoms with Crippen LogP contribution in [0.25, 0.3) is 0 Å². The van der Waals surface area contributed by atoms with Crippen molar-refractivity contribution in [2.24, 2.45) is 92.7 Å². The lowest BCUT2D eigenvalue weighted by molar-refractivity contribution is -0.0498. The summed E-state index contributed by atoms with van der Waals surface area (Å²) in [5.41, 5.74) is 6.01. The van der Waals surface area contributed by atoms with Gasteiger partial charge in [-0.05, 0) is 195 Å². The van der Waals surface area contributed by atoms with Crippen LogP contribution in [0.1, 0.15) is 210 Å². The molecular weight excluding hydrogens is 713 g/mol. The van der Waals surface area contributed by atoms with Crippen molar-refractivity contribution in [2.45, 2.75) is 221 Å². The summed E-state index contributed by atoms with van der Waals surface area (Å²) in [6, 6.07) is 0. The van der Waals surface area contributed by atoms with Crippen molar-refractivity contribution in [1.82, 2.24) is 0 Å². The molecule has 6 fully saturated rings. The zero-order valence-corrected chi connectivity index (χ0v) is 40.2. The van der Waals surface area contributed by atoms with Crippen LogP contribution < -0.4 is 0 Å². The first-order valence-electron chi connectivity index (χ1n) is 25.4. The Balaban J connectivity index is 0.844. The molecule has 0 amide bonds. The van der Waals surface area contributed by atoms with Crippen LogP contribution in [0.3, 0.4) is 0 Å². The molecule has 0 bridgehead atoms. The van der Waals surface area contributed by atoms with Gasteiger partial charge < -0.3 is 0 Å². The van der Waals surface area contributed by atoms with Crippen molar-refractivity contribution in [3.05, 3.63) is 23.3 Å². The van der Waals surface area contributed by atoms with Crippen LogP contribution in [0.4, 0.5) is 0 Å². The smallest absolute Gasteiger partial charge is 0.0189 e. The van der Waals surface area contributed by atoms with Gasteiger partial charge in [0.1, 0.15) is 0 Å². The summed E-state index contributed by atoms with van der Waals surface area (Å²) < 4.78 is 0. The minimum Gasteiger partial charge on any atom is -0.0901 e. The molecule has 0 saturated heterocycles. The zero-order chi connectivity index (χ0) is 39.6. The average Bonchev–Trinajstić information content (AvgIpc) is 3.70. The predicted molar refractivity (Wildman–Crippen MR) is 249 cm³/mol. The van der Waals surface area contributed by atoms with E-state index in [0.717, 1.165) is 81.5 Å². The molecule has 0 nitrogen and oxygen atoms in total. The maximum Gasteiger partial charge on any atom is 0.0189 e. The van der Waals surface area contributed by atoms with Crippen LogP contribution in [0, 0.1) is 92.7 Å². The molecular formula is C54H90S2. The van der Waals surface area contributed by atoms with E-state index in [0.29, 0.717) is 21.7 Å². The van der Waals surface area contributed by atoms with E-state index in [1.165, 1.54) is 141 Å². The molecule has 2 heteroatoms. The Morgan fingerprint density at radius 1 is 0.500 bits per heavy atom. The molecule has 0 aromatic heterocycles. The van der Waals surface area contributed by atoms with Gasteiger partial charge in [0.2, 0.25) is 0 Å². The second kappa shape index (κ2) is 16.8. The molecule has 0 N–H and O–H groups in total. The lowest BCUT2D eigenvalue weighted by Gasteiger charge is -2.59. The highest BCUT2D eigenvalue weighted by Crippen LogP contribution is 2.70. The Morgan fingerprint density at radius 2 is 0.911 bits per heavy atom. The van der Waals surface area contributed by atoms with Crippen LogP contribution in [-0.4, -0.2) is 10.5 Å². The Labute approximate surface area is 356 Å². The third-order valence-electron chi connectivity index (χ3n) is 20.8. The quantitative estimate of drug-likeness (QED) is 0.134. The zero-order valence-electron chi connectivity index (χ0n) is 38.6. The Kier molecular flexibility index (Phi) is 12.9. The largest absolute Gasteiger partial charge is 0.0901 e. The Bertz CT molecular complexity index is 1320. The van der Waals surface area contributed by atoms with Crippen molar-refractivity contribution in [3.63, 3.8) is 0 Å². The molecule has 56 heavy (non-hydrogen) atoms. The van der Waals surface area contributed by atoms with Gasteiger partial charge in [-0.15, -0.1) is 0 Å². The Hall–Kier alpha value is 0.180. The van der Waals surface area contributed by atoms with Gasteiger partial charge in [0, 0.05) is 10.5 Å². The molecule has 2 unspecified atom stereocenters. The fourth-order valence-corrected chi connectivity index (χ4v) is 20.8. The topological polar surface area (TPSA) is 0 Å².